The summed E-state index contributed by atoms with van der Waals surface area (Å²) < 4.78 is 26.5. The quantitative estimate of drug-likeness (QED) is 0.730. The summed E-state index contributed by atoms with van der Waals surface area (Å²) in [5.74, 6) is 0.311. The van der Waals surface area contributed by atoms with Crippen molar-refractivity contribution in [2.45, 2.75) is 29.2 Å². The average Bonchev–Trinajstić information content (AvgIpc) is 2.68. The number of fused-ring (bicyclic) bond motifs is 1. The van der Waals surface area contributed by atoms with Gasteiger partial charge in [0.2, 0.25) is 21.8 Å². The summed E-state index contributed by atoms with van der Waals surface area (Å²) in [7, 11) is -2.45. The fraction of sp³-hybridized carbons (Fsp3) is 0.300. The van der Waals surface area contributed by atoms with Crippen LogP contribution < -0.4 is 10.6 Å². The number of carbonyl (C=O) groups excluding carboxylic acids is 2. The maximum atomic E-state index is 12.7. The lowest BCUT2D eigenvalue weighted by Gasteiger charge is -2.26. The summed E-state index contributed by atoms with van der Waals surface area (Å²) >= 11 is 1.76. The zero-order valence-electron chi connectivity index (χ0n) is 16.2. The summed E-state index contributed by atoms with van der Waals surface area (Å²) in [5.41, 5.74) is 1.57. The minimum atomic E-state index is -3.82. The third-order valence-corrected chi connectivity index (χ3v) is 7.48. The molecular formula is C20H23N3O4S2. The Hall–Kier alpha value is -2.36. The zero-order valence-corrected chi connectivity index (χ0v) is 17.8. The molecule has 1 heterocycles. The molecule has 1 atom stereocenters. The Bertz CT molecular complexity index is 1010. The molecule has 0 saturated carbocycles. The molecule has 0 bridgehead atoms. The molecule has 0 aromatic heterocycles. The van der Waals surface area contributed by atoms with Crippen molar-refractivity contribution in [3.63, 3.8) is 0 Å². The van der Waals surface area contributed by atoms with Gasteiger partial charge in [-0.3, -0.25) is 9.59 Å². The van der Waals surface area contributed by atoms with Gasteiger partial charge in [-0.1, -0.05) is 18.2 Å². The van der Waals surface area contributed by atoms with Crippen LogP contribution in [0.15, 0.2) is 58.3 Å². The van der Waals surface area contributed by atoms with Crippen molar-refractivity contribution in [3.05, 3.63) is 54.1 Å². The average molecular weight is 434 g/mol. The molecule has 29 heavy (non-hydrogen) atoms. The van der Waals surface area contributed by atoms with E-state index in [1.807, 2.05) is 24.3 Å². The number of sulfonamides is 1. The minimum Gasteiger partial charge on any atom is -0.348 e. The summed E-state index contributed by atoms with van der Waals surface area (Å²) in [5, 5.41) is 5.54. The predicted octanol–water partition coefficient (Wildman–Crippen LogP) is 2.62. The van der Waals surface area contributed by atoms with Crippen molar-refractivity contribution in [1.82, 2.24) is 9.62 Å². The minimum absolute atomic E-state index is 0.0568. The lowest BCUT2D eigenvalue weighted by Crippen LogP contribution is -2.40. The van der Waals surface area contributed by atoms with Crippen LogP contribution in [0.3, 0.4) is 0 Å². The fourth-order valence-corrected chi connectivity index (χ4v) is 5.36. The number of thioether (sulfide) groups is 1. The molecule has 154 valence electrons. The first kappa shape index (κ1) is 21.4. The Morgan fingerprint density at radius 2 is 1.83 bits per heavy atom. The molecule has 2 aromatic carbocycles. The van der Waals surface area contributed by atoms with Gasteiger partial charge >= 0.3 is 0 Å². The molecule has 2 amide bonds. The normalized spacial score (nSPS) is 16.2. The van der Waals surface area contributed by atoms with E-state index in [-0.39, 0.29) is 29.3 Å². The predicted molar refractivity (Wildman–Crippen MR) is 113 cm³/mol. The molecule has 2 N–H and O–H groups in total. The fourth-order valence-electron chi connectivity index (χ4n) is 3.11. The second-order valence-corrected chi connectivity index (χ2v) is 9.94. The molecule has 7 nitrogen and oxygen atoms in total. The van der Waals surface area contributed by atoms with Crippen LogP contribution in [-0.2, 0) is 19.6 Å². The van der Waals surface area contributed by atoms with Crippen LogP contribution in [0.1, 0.15) is 24.9 Å². The maximum absolute atomic E-state index is 12.7. The highest BCUT2D eigenvalue weighted by Crippen LogP contribution is 2.35. The van der Waals surface area contributed by atoms with Gasteiger partial charge in [-0.05, 0) is 42.3 Å². The first-order chi connectivity index (χ1) is 13.8. The van der Waals surface area contributed by atoms with E-state index in [4.69, 9.17) is 0 Å². The van der Waals surface area contributed by atoms with Crippen LogP contribution in [0, 0.1) is 0 Å². The summed E-state index contributed by atoms with van der Waals surface area (Å²) in [6.07, 6.45) is 0.800. The lowest BCUT2D eigenvalue weighted by molar-refractivity contribution is -0.122. The SMILES string of the molecule is CC(=O)Nc1ccc(S(=O)(=O)N(C)CC(=O)N[C@@H]2CCSc3ccccc32)cc1. The highest BCUT2D eigenvalue weighted by Gasteiger charge is 2.26. The summed E-state index contributed by atoms with van der Waals surface area (Å²) in [6, 6.07) is 13.6. The van der Waals surface area contributed by atoms with Gasteiger partial charge in [0, 0.05) is 30.3 Å². The standard InChI is InChI=1S/C20H23N3O4S2/c1-14(24)21-15-7-9-16(10-8-15)29(26,27)23(2)13-20(25)22-18-11-12-28-19-6-4-3-5-17(18)19/h3-10,18H,11-13H2,1-2H3,(H,21,24)(H,22,25)/t18-/m1/s1. The van der Waals surface area contributed by atoms with E-state index in [9.17, 15) is 18.0 Å². The highest BCUT2D eigenvalue weighted by molar-refractivity contribution is 7.99. The third-order valence-electron chi connectivity index (χ3n) is 4.54. The maximum Gasteiger partial charge on any atom is 0.243 e. The highest BCUT2D eigenvalue weighted by atomic mass is 32.2. The van der Waals surface area contributed by atoms with Gasteiger partial charge in [0.15, 0.2) is 0 Å². The molecule has 1 aliphatic heterocycles. The van der Waals surface area contributed by atoms with Gasteiger partial charge in [-0.25, -0.2) is 8.42 Å². The molecule has 3 rings (SSSR count). The summed E-state index contributed by atoms with van der Waals surface area (Å²) in [4.78, 5) is 24.8. The number of benzene rings is 2. The molecule has 0 fully saturated rings. The Morgan fingerprint density at radius 1 is 1.14 bits per heavy atom. The molecule has 0 unspecified atom stereocenters. The van der Waals surface area contributed by atoms with E-state index >= 15 is 0 Å². The van der Waals surface area contributed by atoms with Gasteiger partial charge in [0.25, 0.3) is 0 Å². The van der Waals surface area contributed by atoms with Crippen molar-refractivity contribution in [2.24, 2.45) is 0 Å². The monoisotopic (exact) mass is 433 g/mol. The second-order valence-electron chi connectivity index (χ2n) is 6.76. The number of rotatable bonds is 6. The number of likely N-dealkylation sites (N-methyl/N-ethyl adjacent to an activating group) is 1. The Labute approximate surface area is 174 Å². The first-order valence-electron chi connectivity index (χ1n) is 9.12. The van der Waals surface area contributed by atoms with Crippen molar-refractivity contribution < 1.29 is 18.0 Å². The Balaban J connectivity index is 1.65. The molecular weight excluding hydrogens is 410 g/mol. The van der Waals surface area contributed by atoms with Crippen LogP contribution in [-0.4, -0.2) is 43.9 Å². The van der Waals surface area contributed by atoms with Crippen LogP contribution in [0.5, 0.6) is 0 Å². The van der Waals surface area contributed by atoms with E-state index in [1.165, 1.54) is 38.2 Å². The number of amides is 2. The van der Waals surface area contributed by atoms with Crippen LogP contribution >= 0.6 is 11.8 Å². The van der Waals surface area contributed by atoms with Crippen LogP contribution in [0.4, 0.5) is 5.69 Å². The zero-order chi connectivity index (χ0) is 21.0. The number of carbonyl (C=O) groups is 2. The van der Waals surface area contributed by atoms with Gasteiger partial charge in [-0.15, -0.1) is 11.8 Å². The van der Waals surface area contributed by atoms with Crippen molar-refractivity contribution in [1.29, 1.82) is 0 Å². The van der Waals surface area contributed by atoms with E-state index in [1.54, 1.807) is 11.8 Å². The van der Waals surface area contributed by atoms with Crippen LogP contribution in [0.2, 0.25) is 0 Å². The van der Waals surface area contributed by atoms with Gasteiger partial charge in [0.1, 0.15) is 0 Å². The molecule has 1 aliphatic rings. The Kier molecular flexibility index (Phi) is 6.61. The van der Waals surface area contributed by atoms with E-state index in [2.05, 4.69) is 10.6 Å². The van der Waals surface area contributed by atoms with Gasteiger partial charge < -0.3 is 10.6 Å². The summed E-state index contributed by atoms with van der Waals surface area (Å²) in [6.45, 7) is 1.10. The van der Waals surface area contributed by atoms with Crippen molar-refractivity contribution >= 4 is 39.3 Å². The number of hydrogen-bond acceptors (Lipinski definition) is 5. The second kappa shape index (κ2) is 8.98. The smallest absolute Gasteiger partial charge is 0.243 e. The van der Waals surface area contributed by atoms with E-state index in [0.717, 1.165) is 26.9 Å². The first-order valence-corrected chi connectivity index (χ1v) is 11.5. The topological polar surface area (TPSA) is 95.6 Å². The molecule has 9 heteroatoms. The van der Waals surface area contributed by atoms with Gasteiger partial charge in [-0.2, -0.15) is 4.31 Å². The molecule has 2 aromatic rings. The number of anilines is 1. The Morgan fingerprint density at radius 3 is 2.52 bits per heavy atom. The van der Waals surface area contributed by atoms with Crippen molar-refractivity contribution in [2.75, 3.05) is 24.7 Å². The number of nitrogens with one attached hydrogen (secondary N) is 2. The lowest BCUT2D eigenvalue weighted by atomic mass is 10.0. The molecule has 0 spiro atoms. The third kappa shape index (κ3) is 5.17. The van der Waals surface area contributed by atoms with Gasteiger partial charge in [0.05, 0.1) is 17.5 Å². The largest absolute Gasteiger partial charge is 0.348 e. The van der Waals surface area contributed by atoms with Crippen LogP contribution in [0.25, 0.3) is 0 Å². The molecule has 0 aliphatic carbocycles. The number of nitrogens with zero attached hydrogens (tertiary/aromatic N) is 1. The van der Waals surface area contributed by atoms with Crippen molar-refractivity contribution in [3.8, 4) is 0 Å². The van der Waals surface area contributed by atoms with E-state index < -0.39 is 10.0 Å². The molecule has 0 radical (unpaired) electrons. The number of hydrogen-bond donors (Lipinski definition) is 2. The van der Waals surface area contributed by atoms with E-state index in [0.29, 0.717) is 5.69 Å². The molecule has 0 saturated heterocycles.